The lowest BCUT2D eigenvalue weighted by Gasteiger charge is -2.35. The Hall–Kier alpha value is -1.85. The molecule has 160 valence electrons. The molecule has 11 heteroatoms. The van der Waals surface area contributed by atoms with Crippen LogP contribution < -0.4 is 0 Å². The van der Waals surface area contributed by atoms with Crippen LogP contribution in [0.3, 0.4) is 0 Å². The molecule has 1 saturated heterocycles. The smallest absolute Gasteiger partial charge is 0.312 e. The van der Waals surface area contributed by atoms with E-state index in [9.17, 15) is 35.5 Å². The first-order valence-corrected chi connectivity index (χ1v) is 11.8. The van der Waals surface area contributed by atoms with Crippen molar-refractivity contribution in [1.82, 2.24) is 0 Å². The molecule has 0 saturated carbocycles. The highest BCUT2D eigenvalue weighted by molar-refractivity contribution is 8.33. The largest absolute Gasteiger partial charge is 0.507 e. The van der Waals surface area contributed by atoms with E-state index in [-0.39, 0.29) is 17.3 Å². The summed E-state index contributed by atoms with van der Waals surface area (Å²) < 4.78 is 99.1. The molecule has 2 aromatic rings. The number of benzene rings is 2. The van der Waals surface area contributed by atoms with Gasteiger partial charge in [0.15, 0.2) is 28.2 Å². The maximum atomic E-state index is 14.1. The van der Waals surface area contributed by atoms with Crippen LogP contribution in [0.15, 0.2) is 21.9 Å². The summed E-state index contributed by atoms with van der Waals surface area (Å²) in [6.07, 6.45) is 1.11. The van der Waals surface area contributed by atoms with Crippen LogP contribution in [0.1, 0.15) is 24.0 Å². The van der Waals surface area contributed by atoms with Gasteiger partial charge in [0.25, 0.3) is 0 Å². The number of hydrogen-bond donors (Lipinski definition) is 1. The normalized spacial score (nSPS) is 17.5. The first kappa shape index (κ1) is 21.8. The van der Waals surface area contributed by atoms with Crippen molar-refractivity contribution < 1.29 is 39.1 Å². The van der Waals surface area contributed by atoms with Crippen molar-refractivity contribution in [2.75, 3.05) is 11.5 Å². The van der Waals surface area contributed by atoms with Gasteiger partial charge >= 0.3 is 10.1 Å². The van der Waals surface area contributed by atoms with Crippen molar-refractivity contribution in [3.63, 3.8) is 0 Å². The number of hydrogen-bond acceptors (Lipinski definition) is 4. The Labute approximate surface area is 166 Å². The van der Waals surface area contributed by atoms with Crippen molar-refractivity contribution in [3.8, 4) is 5.75 Å². The SMILES string of the molecule is Cc1cc(S2(OS(=O)(=O)c3c(F)c(F)c(F)c(F)c3F)CCCC2)cc(C)c1O. The van der Waals surface area contributed by atoms with E-state index in [1.807, 2.05) is 0 Å². The molecule has 1 heterocycles. The van der Waals surface area contributed by atoms with Gasteiger partial charge in [-0.2, -0.15) is 8.42 Å². The minimum absolute atomic E-state index is 0.00363. The molecule has 0 atom stereocenters. The van der Waals surface area contributed by atoms with Crippen LogP contribution >= 0.6 is 10.3 Å². The van der Waals surface area contributed by atoms with Gasteiger partial charge in [-0.25, -0.2) is 25.6 Å². The minimum Gasteiger partial charge on any atom is -0.507 e. The van der Waals surface area contributed by atoms with Crippen LogP contribution in [0.25, 0.3) is 0 Å². The molecule has 1 N–H and O–H groups in total. The summed E-state index contributed by atoms with van der Waals surface area (Å²) in [7, 11) is -7.98. The highest BCUT2D eigenvalue weighted by Crippen LogP contribution is 2.63. The summed E-state index contributed by atoms with van der Waals surface area (Å²) in [4.78, 5) is -1.59. The van der Waals surface area contributed by atoms with Gasteiger partial charge in [0.2, 0.25) is 5.82 Å². The molecule has 0 spiro atoms. The first-order valence-electron chi connectivity index (χ1n) is 8.48. The molecule has 0 aliphatic carbocycles. The third kappa shape index (κ3) is 3.59. The molecule has 0 bridgehead atoms. The van der Waals surface area contributed by atoms with Crippen molar-refractivity contribution in [2.45, 2.75) is 36.5 Å². The predicted molar refractivity (Wildman–Crippen MR) is 96.9 cm³/mol. The van der Waals surface area contributed by atoms with E-state index in [0.29, 0.717) is 28.9 Å². The zero-order valence-electron chi connectivity index (χ0n) is 15.4. The Morgan fingerprint density at radius 1 is 0.862 bits per heavy atom. The fourth-order valence-electron chi connectivity index (χ4n) is 3.26. The Balaban J connectivity index is 2.16. The molecule has 0 unspecified atom stereocenters. The number of halogens is 5. The minimum atomic E-state index is -5.33. The molecule has 1 aliphatic heterocycles. The quantitative estimate of drug-likeness (QED) is 0.400. The molecular weight excluding hydrogens is 439 g/mol. The van der Waals surface area contributed by atoms with Crippen LogP contribution in [-0.2, 0) is 13.7 Å². The average molecular weight is 456 g/mol. The topological polar surface area (TPSA) is 63.6 Å². The van der Waals surface area contributed by atoms with E-state index in [4.69, 9.17) is 3.63 Å². The zero-order chi connectivity index (χ0) is 21.7. The van der Waals surface area contributed by atoms with Gasteiger partial charge < -0.3 is 5.11 Å². The van der Waals surface area contributed by atoms with E-state index in [0.717, 1.165) is 0 Å². The van der Waals surface area contributed by atoms with Crippen molar-refractivity contribution in [1.29, 1.82) is 0 Å². The lowest BCUT2D eigenvalue weighted by Crippen LogP contribution is -2.19. The van der Waals surface area contributed by atoms with Crippen LogP contribution in [0.5, 0.6) is 5.75 Å². The summed E-state index contributed by atoms with van der Waals surface area (Å²) in [5.41, 5.74) is 0.881. The second kappa shape index (κ2) is 7.44. The van der Waals surface area contributed by atoms with Gasteiger partial charge in [-0.1, -0.05) is 10.3 Å². The third-order valence-corrected chi connectivity index (χ3v) is 10.3. The maximum Gasteiger partial charge on any atom is 0.312 e. The van der Waals surface area contributed by atoms with E-state index in [1.165, 1.54) is 12.1 Å². The first-order chi connectivity index (χ1) is 13.4. The van der Waals surface area contributed by atoms with E-state index >= 15 is 0 Å². The van der Waals surface area contributed by atoms with Gasteiger partial charge in [0, 0.05) is 16.4 Å². The summed E-state index contributed by atoms with van der Waals surface area (Å²) >= 11 is 0. The molecule has 2 aromatic carbocycles. The number of rotatable bonds is 4. The van der Waals surface area contributed by atoms with Gasteiger partial charge in [-0.3, -0.25) is 0 Å². The van der Waals surface area contributed by atoms with E-state index in [2.05, 4.69) is 0 Å². The predicted octanol–water partition coefficient (Wildman–Crippen LogP) is 4.98. The third-order valence-electron chi connectivity index (χ3n) is 4.73. The molecule has 29 heavy (non-hydrogen) atoms. The van der Waals surface area contributed by atoms with Crippen LogP contribution in [0.4, 0.5) is 22.0 Å². The standard InChI is InChI=1S/C18H17F5O4S2/c1-9-7-11(8-10(2)17(9)24)28(5-3-4-6-28)27-29(25,26)18-15(22)13(20)12(19)14(21)16(18)23/h7-8,24H,3-6H2,1-2H3. The molecule has 1 aliphatic rings. The Kier molecular flexibility index (Phi) is 5.61. The van der Waals surface area contributed by atoms with Gasteiger partial charge in [-0.15, -0.1) is 0 Å². The molecule has 0 radical (unpaired) electrons. The number of phenols is 1. The summed E-state index contributed by atoms with van der Waals surface area (Å²) in [6, 6.07) is 3.02. The summed E-state index contributed by atoms with van der Waals surface area (Å²) in [5, 5.41) is 9.96. The zero-order valence-corrected chi connectivity index (χ0v) is 17.0. The van der Waals surface area contributed by atoms with Crippen LogP contribution in [-0.4, -0.2) is 25.0 Å². The second-order valence-electron chi connectivity index (χ2n) is 6.75. The molecular formula is C18H17F5O4S2. The van der Waals surface area contributed by atoms with Gasteiger partial charge in [0.05, 0.1) is 0 Å². The monoisotopic (exact) mass is 456 g/mol. The van der Waals surface area contributed by atoms with Crippen molar-refractivity contribution in [2.24, 2.45) is 0 Å². The number of phenolic OH excluding ortho intramolecular Hbond substituents is 1. The van der Waals surface area contributed by atoms with E-state index in [1.54, 1.807) is 13.8 Å². The van der Waals surface area contributed by atoms with Crippen LogP contribution in [0, 0.1) is 42.9 Å². The second-order valence-corrected chi connectivity index (χ2v) is 11.5. The summed E-state index contributed by atoms with van der Waals surface area (Å²) in [6.45, 7) is 3.18. The van der Waals surface area contributed by atoms with E-state index < -0.39 is 54.4 Å². The molecule has 4 nitrogen and oxygen atoms in total. The van der Waals surface area contributed by atoms with Crippen molar-refractivity contribution in [3.05, 3.63) is 52.3 Å². The molecule has 0 amide bonds. The fourth-order valence-corrected chi connectivity index (χ4v) is 9.18. The molecule has 1 fully saturated rings. The lowest BCUT2D eigenvalue weighted by atomic mass is 10.1. The average Bonchev–Trinajstić information content (AvgIpc) is 3.11. The molecule has 3 rings (SSSR count). The molecule has 0 aromatic heterocycles. The van der Waals surface area contributed by atoms with Crippen LogP contribution in [0.2, 0.25) is 0 Å². The number of aromatic hydroxyl groups is 1. The number of aryl methyl sites for hydroxylation is 2. The fraction of sp³-hybridized carbons (Fsp3) is 0.333. The Morgan fingerprint density at radius 3 is 1.72 bits per heavy atom. The Bertz CT molecular complexity index is 1040. The maximum absolute atomic E-state index is 14.1. The van der Waals surface area contributed by atoms with Crippen molar-refractivity contribution >= 4 is 20.4 Å². The summed E-state index contributed by atoms with van der Waals surface area (Å²) in [5.74, 6) is -11.7. The van der Waals surface area contributed by atoms with Gasteiger partial charge in [-0.05, 0) is 49.9 Å². The Morgan fingerprint density at radius 2 is 1.28 bits per heavy atom. The lowest BCUT2D eigenvalue weighted by molar-refractivity contribution is 0.354. The highest BCUT2D eigenvalue weighted by Gasteiger charge is 2.42. The highest BCUT2D eigenvalue weighted by atomic mass is 32.3. The van der Waals surface area contributed by atoms with Gasteiger partial charge in [0.1, 0.15) is 5.75 Å².